The maximum absolute atomic E-state index is 14.4. The molecule has 0 radical (unpaired) electrons. The number of aromatic nitrogens is 2. The number of fused-ring (bicyclic) bond motifs is 1. The normalized spacial score (nSPS) is 13.8. The Hall–Kier alpha value is -3.72. The third-order valence-electron chi connectivity index (χ3n) is 4.46. The van der Waals surface area contributed by atoms with E-state index >= 15 is 0 Å². The Morgan fingerprint density at radius 2 is 2.10 bits per heavy atom. The Kier molecular flexibility index (Phi) is 4.96. The molecule has 2 N–H and O–H groups in total. The van der Waals surface area contributed by atoms with Crippen LogP contribution in [0, 0.1) is 5.82 Å². The van der Waals surface area contributed by atoms with Gasteiger partial charge < -0.3 is 5.32 Å². The molecule has 4 rings (SSSR count). The van der Waals surface area contributed by atoms with Crippen LogP contribution in [-0.4, -0.2) is 34.4 Å². The van der Waals surface area contributed by atoms with Crippen molar-refractivity contribution in [2.75, 3.05) is 18.1 Å². The summed E-state index contributed by atoms with van der Waals surface area (Å²) in [7, 11) is 0. The number of rotatable bonds is 4. The monoisotopic (exact) mass is 419 g/mol. The van der Waals surface area contributed by atoms with E-state index in [1.54, 1.807) is 6.07 Å². The number of carbonyl (C=O) groups is 1. The summed E-state index contributed by atoms with van der Waals surface area (Å²) in [4.78, 5) is 18.9. The molecule has 0 aliphatic carbocycles. The van der Waals surface area contributed by atoms with Crippen molar-refractivity contribution < 1.29 is 27.3 Å². The van der Waals surface area contributed by atoms with Gasteiger partial charge in [0.2, 0.25) is 0 Å². The number of benzene rings is 1. The zero-order chi connectivity index (χ0) is 21.3. The molecule has 3 aromatic rings. The fourth-order valence-corrected chi connectivity index (χ4v) is 3.08. The lowest BCUT2D eigenvalue weighted by Gasteiger charge is -2.14. The molecule has 0 saturated heterocycles. The summed E-state index contributed by atoms with van der Waals surface area (Å²) in [6, 6.07) is 11.2. The van der Waals surface area contributed by atoms with Gasteiger partial charge in [0, 0.05) is 12.7 Å². The number of nitrogens with one attached hydrogen (secondary N) is 2. The van der Waals surface area contributed by atoms with Crippen LogP contribution in [0.2, 0.25) is 0 Å². The van der Waals surface area contributed by atoms with E-state index in [0.717, 1.165) is 4.40 Å². The van der Waals surface area contributed by atoms with Crippen LogP contribution in [0.3, 0.4) is 0 Å². The molecular weight excluding hydrogens is 404 g/mol. The average molecular weight is 419 g/mol. The molecule has 0 atom stereocenters. The van der Waals surface area contributed by atoms with Crippen LogP contribution in [0.15, 0.2) is 47.7 Å². The summed E-state index contributed by atoms with van der Waals surface area (Å²) < 4.78 is 55.6. The van der Waals surface area contributed by atoms with Crippen LogP contribution < -0.4 is 15.3 Å². The molecule has 154 valence electrons. The van der Waals surface area contributed by atoms with Gasteiger partial charge in [0.05, 0.1) is 0 Å². The third-order valence-corrected chi connectivity index (χ3v) is 4.46. The second-order valence-electron chi connectivity index (χ2n) is 6.47. The van der Waals surface area contributed by atoms with Crippen molar-refractivity contribution in [1.82, 2.24) is 14.7 Å². The maximum atomic E-state index is 14.4. The van der Waals surface area contributed by atoms with Crippen molar-refractivity contribution in [3.63, 3.8) is 0 Å². The molecule has 7 nitrogen and oxygen atoms in total. The van der Waals surface area contributed by atoms with Gasteiger partial charge in [-0.1, -0.05) is 12.1 Å². The van der Waals surface area contributed by atoms with Gasteiger partial charge >= 0.3 is 12.2 Å². The zero-order valence-electron chi connectivity index (χ0n) is 15.4. The molecule has 30 heavy (non-hydrogen) atoms. The predicted molar refractivity (Wildman–Crippen MR) is 98.4 cm³/mol. The molecule has 1 aliphatic rings. The number of carbonyl (C=O) groups excluding carboxylic acids is 1. The number of hydrogen-bond acceptors (Lipinski definition) is 4. The second-order valence-corrected chi connectivity index (χ2v) is 6.47. The fraction of sp³-hybridized carbons (Fsp3) is 0.211. The summed E-state index contributed by atoms with van der Waals surface area (Å²) >= 11 is 0. The van der Waals surface area contributed by atoms with E-state index in [4.69, 9.17) is 0 Å². The number of alkyl halides is 3. The largest absolute Gasteiger partial charge is 0.435 e. The minimum atomic E-state index is -4.80. The number of imidazole rings is 1. The van der Waals surface area contributed by atoms with Crippen LogP contribution in [0.25, 0.3) is 5.65 Å². The first-order chi connectivity index (χ1) is 14.3. The van der Waals surface area contributed by atoms with Crippen molar-refractivity contribution in [1.29, 1.82) is 0 Å². The molecule has 3 heterocycles. The van der Waals surface area contributed by atoms with Gasteiger partial charge in [-0.3, -0.25) is 9.20 Å². The predicted octanol–water partition coefficient (Wildman–Crippen LogP) is 1.41. The van der Waals surface area contributed by atoms with Gasteiger partial charge in [-0.05, 0) is 29.8 Å². The lowest BCUT2D eigenvalue weighted by atomic mass is 10.2. The number of halogens is 4. The Bertz CT molecular complexity index is 1180. The quantitative estimate of drug-likeness (QED) is 0.628. The van der Waals surface area contributed by atoms with Crippen LogP contribution in [0.1, 0.15) is 21.7 Å². The highest BCUT2D eigenvalue weighted by atomic mass is 19.4. The number of hydrogen-bond donors (Lipinski definition) is 2. The first kappa shape index (κ1) is 19.6. The highest BCUT2D eigenvalue weighted by molar-refractivity contribution is 5.94. The van der Waals surface area contributed by atoms with Crippen LogP contribution in [0.5, 0.6) is 0 Å². The van der Waals surface area contributed by atoms with Gasteiger partial charge in [-0.2, -0.15) is 18.2 Å². The van der Waals surface area contributed by atoms with Crippen molar-refractivity contribution in [2.45, 2.75) is 12.7 Å². The van der Waals surface area contributed by atoms with Crippen LogP contribution >= 0.6 is 0 Å². The minimum absolute atomic E-state index is 0.00115. The average Bonchev–Trinajstić information content (AvgIpc) is 3.13. The molecular formula is C19H15F4N6O+. The van der Waals surface area contributed by atoms with E-state index in [1.807, 2.05) is 0 Å². The highest BCUT2D eigenvalue weighted by Crippen LogP contribution is 2.32. The summed E-state index contributed by atoms with van der Waals surface area (Å²) in [5.74, 6) is -1.54. The molecule has 1 aliphatic heterocycles. The fourth-order valence-electron chi connectivity index (χ4n) is 3.08. The minimum Gasteiger partial charge on any atom is -0.347 e. The summed E-state index contributed by atoms with van der Waals surface area (Å²) in [5, 5.41) is 7.75. The Labute approximate surface area is 167 Å². The molecule has 11 heteroatoms. The van der Waals surface area contributed by atoms with Crippen LogP contribution in [-0.2, 0) is 12.7 Å². The van der Waals surface area contributed by atoms with E-state index < -0.39 is 29.3 Å². The van der Waals surface area contributed by atoms with E-state index in [2.05, 4.69) is 26.4 Å². The number of nitrogens with zero attached hydrogens (tertiary/aromatic N) is 4. The van der Waals surface area contributed by atoms with E-state index in [0.29, 0.717) is 18.7 Å². The van der Waals surface area contributed by atoms with Gasteiger partial charge in [-0.25, -0.2) is 14.4 Å². The summed E-state index contributed by atoms with van der Waals surface area (Å²) in [6.07, 6.45) is -3.47. The van der Waals surface area contributed by atoms with Gasteiger partial charge in [0.15, 0.2) is 11.5 Å². The van der Waals surface area contributed by atoms with E-state index in [1.165, 1.54) is 41.5 Å². The van der Waals surface area contributed by atoms with E-state index in [9.17, 15) is 22.4 Å². The van der Waals surface area contributed by atoms with Crippen molar-refractivity contribution >= 4 is 23.3 Å². The third kappa shape index (κ3) is 3.74. The molecule has 0 saturated carbocycles. The first-order valence-corrected chi connectivity index (χ1v) is 8.91. The number of amides is 1. The molecule has 1 amide bonds. The van der Waals surface area contributed by atoms with Crippen molar-refractivity contribution in [3.8, 4) is 0 Å². The maximum Gasteiger partial charge on any atom is 0.435 e. The summed E-state index contributed by atoms with van der Waals surface area (Å²) in [6.45, 7) is 0.848. The summed E-state index contributed by atoms with van der Waals surface area (Å²) in [5.41, 5.74) is -1.28. The molecule has 0 unspecified atom stereocenters. The number of anilines is 1. The lowest BCUT2D eigenvalue weighted by molar-refractivity contribution is -0.449. The van der Waals surface area contributed by atoms with E-state index in [-0.39, 0.29) is 17.9 Å². The smallest absolute Gasteiger partial charge is 0.347 e. The molecule has 0 spiro atoms. The zero-order valence-corrected chi connectivity index (χ0v) is 15.4. The topological polar surface area (TPSA) is 76.0 Å². The lowest BCUT2D eigenvalue weighted by Crippen LogP contribution is -2.71. The second kappa shape index (κ2) is 7.60. The van der Waals surface area contributed by atoms with Gasteiger partial charge in [0.25, 0.3) is 5.91 Å². The van der Waals surface area contributed by atoms with Gasteiger partial charge in [-0.15, -0.1) is 0 Å². The Morgan fingerprint density at radius 1 is 1.27 bits per heavy atom. The first-order valence-electron chi connectivity index (χ1n) is 8.91. The SMILES string of the molecule is O=C(NCc1ccc(N2CC[NH+]=C=N2)c(F)c1)c1c(C(F)(F)F)nc2ccccn12. The molecule has 0 fully saturated rings. The Balaban J connectivity index is 1.56. The van der Waals surface area contributed by atoms with Gasteiger partial charge in [0.1, 0.15) is 35.2 Å². The van der Waals surface area contributed by atoms with Crippen molar-refractivity contribution in [2.24, 2.45) is 5.10 Å². The standard InChI is InChI=1S/C19H14F4N6O/c20-13-9-12(4-5-14(13)29-8-6-24-11-26-29)10-25-18(30)16-17(19(21,22)23)27-15-3-1-2-7-28(15)16/h1-5,7,9H,6,8,10H2,(H,25,30)/p+1. The molecule has 1 aromatic carbocycles. The van der Waals surface area contributed by atoms with Crippen LogP contribution in [0.4, 0.5) is 23.2 Å². The van der Waals surface area contributed by atoms with Crippen molar-refractivity contribution in [3.05, 3.63) is 65.4 Å². The highest BCUT2D eigenvalue weighted by Gasteiger charge is 2.40. The molecule has 2 aromatic heterocycles. The number of pyridine rings is 1. The Morgan fingerprint density at radius 3 is 2.80 bits per heavy atom. The molecule has 0 bridgehead atoms. The number of hydrazone groups is 1.